The highest BCUT2D eigenvalue weighted by atomic mass is 35.5. The van der Waals surface area contributed by atoms with Crippen molar-refractivity contribution in [2.45, 2.75) is 27.2 Å². The van der Waals surface area contributed by atoms with Gasteiger partial charge in [-0.15, -0.1) is 11.3 Å². The van der Waals surface area contributed by atoms with E-state index in [0.717, 1.165) is 27.7 Å². The number of nitrogens with zero attached hydrogens (tertiary/aromatic N) is 1. The van der Waals surface area contributed by atoms with E-state index in [0.29, 0.717) is 22.6 Å². The van der Waals surface area contributed by atoms with Crippen molar-refractivity contribution in [3.63, 3.8) is 0 Å². The Bertz CT molecular complexity index is 909. The molecule has 3 aromatic rings. The maximum Gasteiger partial charge on any atom is 0.161 e. The molecule has 1 N–H and O–H groups in total. The number of aryl methyl sites for hydroxylation is 1. The number of hydrogen-bond donors (Lipinski definition) is 1. The van der Waals surface area contributed by atoms with Gasteiger partial charge in [0.2, 0.25) is 0 Å². The first-order chi connectivity index (χ1) is 11.4. The summed E-state index contributed by atoms with van der Waals surface area (Å²) >= 11 is 7.53. The maximum atomic E-state index is 13.9. The second kappa shape index (κ2) is 6.49. The summed E-state index contributed by atoms with van der Waals surface area (Å²) in [7, 11) is 0. The second-order valence-corrected chi connectivity index (χ2v) is 7.03. The number of ketones is 1. The van der Waals surface area contributed by atoms with Gasteiger partial charge in [-0.2, -0.15) is 0 Å². The van der Waals surface area contributed by atoms with E-state index < -0.39 is 0 Å². The van der Waals surface area contributed by atoms with Crippen molar-refractivity contribution in [2.75, 3.05) is 0 Å². The predicted octanol–water partition coefficient (Wildman–Crippen LogP) is 5.34. The summed E-state index contributed by atoms with van der Waals surface area (Å²) in [5.74, 6) is -0.300. The lowest BCUT2D eigenvalue weighted by Gasteiger charge is -2.03. The van der Waals surface area contributed by atoms with Crippen LogP contribution in [0.1, 0.15) is 39.1 Å². The van der Waals surface area contributed by atoms with E-state index in [2.05, 4.69) is 9.97 Å². The summed E-state index contributed by atoms with van der Waals surface area (Å²) < 4.78 is 13.9. The predicted molar refractivity (Wildman–Crippen MR) is 95.6 cm³/mol. The molecule has 2 aromatic heterocycles. The zero-order valence-corrected chi connectivity index (χ0v) is 15.1. The fraction of sp³-hybridized carbons (Fsp3) is 0.222. The van der Waals surface area contributed by atoms with E-state index in [4.69, 9.17) is 11.6 Å². The largest absolute Gasteiger partial charge is 0.356 e. The van der Waals surface area contributed by atoms with Crippen molar-refractivity contribution >= 4 is 28.7 Å². The Labute approximate surface area is 148 Å². The number of carbonyl (C=O) groups is 1. The van der Waals surface area contributed by atoms with Gasteiger partial charge in [0.25, 0.3) is 0 Å². The van der Waals surface area contributed by atoms with Crippen molar-refractivity contribution < 1.29 is 9.18 Å². The van der Waals surface area contributed by atoms with Crippen molar-refractivity contribution in [1.82, 2.24) is 9.97 Å². The van der Waals surface area contributed by atoms with E-state index in [9.17, 15) is 9.18 Å². The van der Waals surface area contributed by atoms with Crippen LogP contribution in [0, 0.1) is 19.7 Å². The van der Waals surface area contributed by atoms with Crippen LogP contribution in [-0.4, -0.2) is 15.8 Å². The summed E-state index contributed by atoms with van der Waals surface area (Å²) in [6.45, 7) is 5.33. The molecule has 0 atom stereocenters. The number of rotatable bonds is 4. The molecule has 1 aromatic carbocycles. The van der Waals surface area contributed by atoms with Crippen LogP contribution in [0.15, 0.2) is 23.6 Å². The number of benzene rings is 1. The summed E-state index contributed by atoms with van der Waals surface area (Å²) in [6, 6.07) is 4.66. The van der Waals surface area contributed by atoms with Crippen molar-refractivity contribution in [3.05, 3.63) is 61.8 Å². The lowest BCUT2D eigenvalue weighted by atomic mass is 10.1. The van der Waals surface area contributed by atoms with Crippen LogP contribution < -0.4 is 0 Å². The van der Waals surface area contributed by atoms with Crippen LogP contribution in [0.25, 0.3) is 11.4 Å². The molecule has 3 rings (SSSR count). The van der Waals surface area contributed by atoms with Crippen molar-refractivity contribution in [3.8, 4) is 11.4 Å². The first-order valence-electron chi connectivity index (χ1n) is 7.46. The van der Waals surface area contributed by atoms with Gasteiger partial charge in [-0.05, 0) is 38.5 Å². The third-order valence-electron chi connectivity index (χ3n) is 3.99. The van der Waals surface area contributed by atoms with Gasteiger partial charge in [0.1, 0.15) is 5.82 Å². The maximum absolute atomic E-state index is 13.9. The average Bonchev–Trinajstić information content (AvgIpc) is 3.07. The zero-order valence-electron chi connectivity index (χ0n) is 13.5. The Kier molecular flexibility index (Phi) is 4.56. The summed E-state index contributed by atoms with van der Waals surface area (Å²) in [5, 5.41) is 3.08. The number of nitrogens with one attached hydrogen (secondary N) is 1. The molecule has 0 saturated carbocycles. The molecule has 0 aliphatic carbocycles. The van der Waals surface area contributed by atoms with Crippen LogP contribution in [-0.2, 0) is 6.42 Å². The number of Topliss-reactive ketones (excluding diaryl/α,β-unsaturated/α-hetero) is 1. The molecule has 0 radical (unpaired) electrons. The number of thiazole rings is 1. The highest BCUT2D eigenvalue weighted by Crippen LogP contribution is 2.30. The molecular formula is C18H16ClFN2OS. The topological polar surface area (TPSA) is 45.8 Å². The summed E-state index contributed by atoms with van der Waals surface area (Å²) in [4.78, 5) is 19.6. The number of halogens is 2. The fourth-order valence-corrected chi connectivity index (χ4v) is 3.92. The monoisotopic (exact) mass is 362 g/mol. The van der Waals surface area contributed by atoms with Gasteiger partial charge in [-0.25, -0.2) is 9.37 Å². The lowest BCUT2D eigenvalue weighted by Crippen LogP contribution is -1.95. The Morgan fingerprint density at radius 1 is 1.38 bits per heavy atom. The molecule has 3 nitrogen and oxygen atoms in total. The van der Waals surface area contributed by atoms with E-state index in [1.165, 1.54) is 17.4 Å². The third-order valence-corrected chi connectivity index (χ3v) is 5.19. The number of hydrogen-bond acceptors (Lipinski definition) is 3. The van der Waals surface area contributed by atoms with E-state index >= 15 is 0 Å². The minimum Gasteiger partial charge on any atom is -0.356 e. The summed E-state index contributed by atoms with van der Waals surface area (Å²) in [5.41, 5.74) is 4.47. The Morgan fingerprint density at radius 3 is 2.75 bits per heavy atom. The molecule has 0 amide bonds. The Morgan fingerprint density at radius 2 is 2.12 bits per heavy atom. The van der Waals surface area contributed by atoms with Crippen molar-refractivity contribution in [2.24, 2.45) is 0 Å². The Balaban J connectivity index is 1.95. The number of carbonyl (C=O) groups excluding carboxylic acids is 1. The van der Waals surface area contributed by atoms with Gasteiger partial charge in [0, 0.05) is 33.6 Å². The molecule has 0 aliphatic rings. The third kappa shape index (κ3) is 3.01. The Hall–Kier alpha value is -1.98. The standard InChI is InChI=1S/C18H16ClFN2OS/c1-9-17(11(3)23)10(2)21-18(9)15-8-24-16(22-15)7-12-13(19)5-4-6-14(12)20/h4-6,8,21H,7H2,1-3H3. The molecule has 0 unspecified atom stereocenters. The number of aromatic nitrogens is 2. The minimum atomic E-state index is -0.329. The number of aromatic amines is 1. The highest BCUT2D eigenvalue weighted by Gasteiger charge is 2.18. The molecule has 0 fully saturated rings. The molecule has 0 saturated heterocycles. The van der Waals surface area contributed by atoms with E-state index in [-0.39, 0.29) is 11.6 Å². The lowest BCUT2D eigenvalue weighted by molar-refractivity contribution is 0.101. The minimum absolute atomic E-state index is 0.0288. The van der Waals surface area contributed by atoms with E-state index in [1.54, 1.807) is 19.1 Å². The molecular weight excluding hydrogens is 347 g/mol. The first-order valence-corrected chi connectivity index (χ1v) is 8.72. The van der Waals surface area contributed by atoms with Gasteiger partial charge in [0.05, 0.1) is 16.4 Å². The normalized spacial score (nSPS) is 11.0. The second-order valence-electron chi connectivity index (χ2n) is 5.68. The summed E-state index contributed by atoms with van der Waals surface area (Å²) in [6.07, 6.45) is 0.342. The van der Waals surface area contributed by atoms with Gasteiger partial charge in [0.15, 0.2) is 5.78 Å². The van der Waals surface area contributed by atoms with Crippen LogP contribution in [0.2, 0.25) is 5.02 Å². The molecule has 6 heteroatoms. The molecule has 24 heavy (non-hydrogen) atoms. The van der Waals surface area contributed by atoms with Gasteiger partial charge < -0.3 is 4.98 Å². The molecule has 0 bridgehead atoms. The van der Waals surface area contributed by atoms with Crippen LogP contribution >= 0.6 is 22.9 Å². The smallest absolute Gasteiger partial charge is 0.161 e. The van der Waals surface area contributed by atoms with Crippen LogP contribution in [0.5, 0.6) is 0 Å². The van der Waals surface area contributed by atoms with Crippen LogP contribution in [0.3, 0.4) is 0 Å². The zero-order chi connectivity index (χ0) is 17.4. The first kappa shape index (κ1) is 16.9. The molecule has 2 heterocycles. The molecule has 0 spiro atoms. The van der Waals surface area contributed by atoms with E-state index in [1.807, 2.05) is 19.2 Å². The van der Waals surface area contributed by atoms with Gasteiger partial charge in [-0.1, -0.05) is 17.7 Å². The average molecular weight is 363 g/mol. The van der Waals surface area contributed by atoms with Gasteiger partial charge >= 0.3 is 0 Å². The van der Waals surface area contributed by atoms with Crippen LogP contribution in [0.4, 0.5) is 4.39 Å². The van der Waals surface area contributed by atoms with Crippen molar-refractivity contribution in [1.29, 1.82) is 0 Å². The highest BCUT2D eigenvalue weighted by molar-refractivity contribution is 7.10. The fourth-order valence-electron chi connectivity index (χ4n) is 2.89. The van der Waals surface area contributed by atoms with Gasteiger partial charge in [-0.3, -0.25) is 4.79 Å². The SMILES string of the molecule is CC(=O)c1c(C)[nH]c(-c2csc(Cc3c(F)cccc3Cl)n2)c1C. The molecule has 124 valence electrons. The quantitative estimate of drug-likeness (QED) is 0.636. The number of H-pyrrole nitrogens is 1. The molecule has 0 aliphatic heterocycles.